The van der Waals surface area contributed by atoms with Gasteiger partial charge in [-0.05, 0) is 12.5 Å². The zero-order chi connectivity index (χ0) is 13.7. The molecule has 0 aliphatic carbocycles. The van der Waals surface area contributed by atoms with E-state index in [1.54, 1.807) is 11.8 Å². The summed E-state index contributed by atoms with van der Waals surface area (Å²) in [7, 11) is 0. The van der Waals surface area contributed by atoms with Crippen molar-refractivity contribution in [3.8, 4) is 0 Å². The number of aromatic nitrogens is 1. The highest BCUT2D eigenvalue weighted by Crippen LogP contribution is 2.12. The van der Waals surface area contributed by atoms with Crippen LogP contribution in [0.4, 0.5) is 0 Å². The van der Waals surface area contributed by atoms with Gasteiger partial charge in [0.15, 0.2) is 0 Å². The highest BCUT2D eigenvalue weighted by molar-refractivity contribution is 5.92. The highest BCUT2D eigenvalue weighted by atomic mass is 16.5. The molecule has 1 aromatic heterocycles. The first kappa shape index (κ1) is 13.3. The lowest BCUT2D eigenvalue weighted by Gasteiger charge is -2.21. The van der Waals surface area contributed by atoms with Crippen LogP contribution in [0.1, 0.15) is 21.7 Å². The third kappa shape index (κ3) is 3.20. The van der Waals surface area contributed by atoms with Crippen molar-refractivity contribution in [2.45, 2.75) is 13.5 Å². The molecule has 19 heavy (non-hydrogen) atoms. The first-order valence-corrected chi connectivity index (χ1v) is 6.17. The molecule has 0 saturated heterocycles. The normalized spacial score (nSPS) is 10.4. The van der Waals surface area contributed by atoms with Crippen LogP contribution in [0.2, 0.25) is 0 Å². The Morgan fingerprint density at radius 2 is 2.11 bits per heavy atom. The van der Waals surface area contributed by atoms with Crippen molar-refractivity contribution in [3.05, 3.63) is 53.4 Å². The van der Waals surface area contributed by atoms with Crippen molar-refractivity contribution in [3.63, 3.8) is 0 Å². The number of carbonyl (C=O) groups excluding carboxylic acids is 1. The number of carbonyl (C=O) groups is 1. The van der Waals surface area contributed by atoms with Gasteiger partial charge in [0.1, 0.15) is 0 Å². The molecule has 2 N–H and O–H groups in total. The van der Waals surface area contributed by atoms with E-state index in [1.165, 1.54) is 6.20 Å². The van der Waals surface area contributed by atoms with Crippen molar-refractivity contribution in [2.24, 2.45) is 5.73 Å². The first-order valence-electron chi connectivity index (χ1n) is 6.17. The number of hydrogen-bond donors (Lipinski definition) is 1. The second-order valence-electron chi connectivity index (χ2n) is 4.34. The molecular weight excluding hydrogens is 242 g/mol. The second-order valence-corrected chi connectivity index (χ2v) is 4.34. The van der Waals surface area contributed by atoms with Gasteiger partial charge in [-0.3, -0.25) is 4.79 Å². The van der Waals surface area contributed by atoms with Gasteiger partial charge in [0.25, 0.3) is 5.91 Å². The van der Waals surface area contributed by atoms with E-state index in [1.807, 2.05) is 30.3 Å². The molecule has 1 heterocycles. The zero-order valence-electron chi connectivity index (χ0n) is 10.9. The molecule has 0 aliphatic heterocycles. The topological polar surface area (TPSA) is 72.4 Å². The molecule has 100 valence electrons. The average Bonchev–Trinajstić information content (AvgIpc) is 2.85. The van der Waals surface area contributed by atoms with Gasteiger partial charge < -0.3 is 15.2 Å². The molecule has 0 bridgehead atoms. The molecule has 0 radical (unpaired) electrons. The van der Waals surface area contributed by atoms with E-state index >= 15 is 0 Å². The summed E-state index contributed by atoms with van der Waals surface area (Å²) >= 11 is 0. The highest BCUT2D eigenvalue weighted by Gasteiger charge is 2.21. The molecule has 1 amide bonds. The van der Waals surface area contributed by atoms with Gasteiger partial charge in [-0.25, -0.2) is 0 Å². The minimum Gasteiger partial charge on any atom is -0.351 e. The first-order chi connectivity index (χ1) is 9.22. The van der Waals surface area contributed by atoms with Crippen LogP contribution in [0.25, 0.3) is 0 Å². The lowest BCUT2D eigenvalue weighted by atomic mass is 10.2. The van der Waals surface area contributed by atoms with Crippen LogP contribution in [0.5, 0.6) is 0 Å². The summed E-state index contributed by atoms with van der Waals surface area (Å²) in [5, 5.41) is 3.64. The fraction of sp³-hybridized carbons (Fsp3) is 0.286. The molecule has 0 fully saturated rings. The Hall–Kier alpha value is -2.14. The van der Waals surface area contributed by atoms with Crippen LogP contribution in [0.3, 0.4) is 0 Å². The Bertz CT molecular complexity index is 537. The van der Waals surface area contributed by atoms with E-state index in [-0.39, 0.29) is 11.7 Å². The van der Waals surface area contributed by atoms with Gasteiger partial charge in [0.05, 0.1) is 6.20 Å². The van der Waals surface area contributed by atoms with Crippen molar-refractivity contribution in [1.82, 2.24) is 10.1 Å². The summed E-state index contributed by atoms with van der Waals surface area (Å²) < 4.78 is 5.01. The molecule has 1 aromatic carbocycles. The molecule has 2 aromatic rings. The lowest BCUT2D eigenvalue weighted by Crippen LogP contribution is -2.35. The predicted octanol–water partition coefficient (Wildman–Crippen LogP) is 1.58. The molecule has 0 spiro atoms. The summed E-state index contributed by atoms with van der Waals surface area (Å²) in [5.74, 6) is 0.105. The smallest absolute Gasteiger partial charge is 0.293 e. The Morgan fingerprint density at radius 1 is 1.37 bits per heavy atom. The van der Waals surface area contributed by atoms with E-state index < -0.39 is 0 Å². The fourth-order valence-electron chi connectivity index (χ4n) is 1.85. The number of aryl methyl sites for hydroxylation is 1. The third-order valence-electron chi connectivity index (χ3n) is 2.85. The van der Waals surface area contributed by atoms with Crippen LogP contribution in [-0.2, 0) is 6.54 Å². The quantitative estimate of drug-likeness (QED) is 0.885. The van der Waals surface area contributed by atoms with E-state index in [0.717, 1.165) is 11.1 Å². The molecular formula is C14H17N3O2. The number of nitrogens with two attached hydrogens (primary N) is 1. The Balaban J connectivity index is 2.16. The summed E-state index contributed by atoms with van der Waals surface area (Å²) in [4.78, 5) is 14.0. The van der Waals surface area contributed by atoms with Crippen LogP contribution in [-0.4, -0.2) is 29.1 Å². The minimum absolute atomic E-state index is 0.177. The molecule has 2 rings (SSSR count). The maximum absolute atomic E-state index is 12.4. The monoisotopic (exact) mass is 259 g/mol. The van der Waals surface area contributed by atoms with Crippen molar-refractivity contribution < 1.29 is 9.32 Å². The van der Waals surface area contributed by atoms with Gasteiger partial charge in [0.2, 0.25) is 5.76 Å². The fourth-order valence-corrected chi connectivity index (χ4v) is 1.85. The Labute approximate surface area is 112 Å². The van der Waals surface area contributed by atoms with Gasteiger partial charge in [-0.1, -0.05) is 35.5 Å². The molecule has 0 atom stereocenters. The zero-order valence-corrected chi connectivity index (χ0v) is 10.9. The lowest BCUT2D eigenvalue weighted by molar-refractivity contribution is 0.0705. The summed E-state index contributed by atoms with van der Waals surface area (Å²) in [6, 6.07) is 9.79. The molecule has 5 nitrogen and oxygen atoms in total. The second kappa shape index (κ2) is 6.15. The largest absolute Gasteiger partial charge is 0.351 e. The molecule has 5 heteroatoms. The maximum Gasteiger partial charge on any atom is 0.293 e. The number of rotatable bonds is 5. The average molecular weight is 259 g/mol. The molecule has 0 saturated carbocycles. The summed E-state index contributed by atoms with van der Waals surface area (Å²) in [6.45, 7) is 3.20. The van der Waals surface area contributed by atoms with Gasteiger partial charge in [-0.2, -0.15) is 0 Å². The molecule has 0 aliphatic rings. The van der Waals surface area contributed by atoms with E-state index in [2.05, 4.69) is 5.16 Å². The predicted molar refractivity (Wildman–Crippen MR) is 71.5 cm³/mol. The van der Waals surface area contributed by atoms with Crippen molar-refractivity contribution in [1.29, 1.82) is 0 Å². The number of hydrogen-bond acceptors (Lipinski definition) is 4. The number of nitrogens with zero attached hydrogens (tertiary/aromatic N) is 2. The Kier molecular flexibility index (Phi) is 4.30. The van der Waals surface area contributed by atoms with Crippen molar-refractivity contribution in [2.75, 3.05) is 13.1 Å². The van der Waals surface area contributed by atoms with Crippen LogP contribution in [0, 0.1) is 6.92 Å². The molecule has 0 unspecified atom stereocenters. The van der Waals surface area contributed by atoms with E-state index in [9.17, 15) is 4.79 Å². The van der Waals surface area contributed by atoms with Crippen LogP contribution in [0.15, 0.2) is 41.1 Å². The number of amides is 1. The Morgan fingerprint density at radius 3 is 2.68 bits per heavy atom. The minimum atomic E-state index is -0.177. The third-order valence-corrected chi connectivity index (χ3v) is 2.85. The van der Waals surface area contributed by atoms with Crippen LogP contribution < -0.4 is 5.73 Å². The van der Waals surface area contributed by atoms with E-state index in [0.29, 0.717) is 19.6 Å². The SMILES string of the molecule is Cc1cnoc1C(=O)N(CCN)Cc1ccccc1. The van der Waals surface area contributed by atoms with Gasteiger partial charge in [0, 0.05) is 25.2 Å². The maximum atomic E-state index is 12.4. The van der Waals surface area contributed by atoms with Gasteiger partial charge >= 0.3 is 0 Å². The number of benzene rings is 1. The van der Waals surface area contributed by atoms with Gasteiger partial charge in [-0.15, -0.1) is 0 Å². The standard InChI is InChI=1S/C14H17N3O2/c1-11-9-16-19-13(11)14(18)17(8-7-15)10-12-5-3-2-4-6-12/h2-6,9H,7-8,10,15H2,1H3. The van der Waals surface area contributed by atoms with E-state index in [4.69, 9.17) is 10.3 Å². The van der Waals surface area contributed by atoms with Crippen LogP contribution >= 0.6 is 0 Å². The van der Waals surface area contributed by atoms with Crippen molar-refractivity contribution >= 4 is 5.91 Å². The summed E-state index contributed by atoms with van der Waals surface area (Å²) in [5.41, 5.74) is 7.37. The summed E-state index contributed by atoms with van der Waals surface area (Å²) in [6.07, 6.45) is 1.54.